The average molecular weight is 517 g/mol. The SMILES string of the molecule is CCNC(=NCC(O)c1ccccc1F)NCCc1ccc(OC)c(OC)c1.I. The van der Waals surface area contributed by atoms with E-state index in [-0.39, 0.29) is 36.1 Å². The Morgan fingerprint density at radius 1 is 1.10 bits per heavy atom. The number of guanidine groups is 1. The van der Waals surface area contributed by atoms with Crippen LogP contribution in [0.2, 0.25) is 0 Å². The number of aliphatic hydroxyl groups excluding tert-OH is 1. The summed E-state index contributed by atoms with van der Waals surface area (Å²) in [6.45, 7) is 3.33. The molecule has 2 aromatic carbocycles. The number of halogens is 2. The van der Waals surface area contributed by atoms with Gasteiger partial charge in [0, 0.05) is 18.7 Å². The van der Waals surface area contributed by atoms with Crippen molar-refractivity contribution in [3.63, 3.8) is 0 Å². The number of ether oxygens (including phenoxy) is 2. The molecule has 2 rings (SSSR count). The van der Waals surface area contributed by atoms with Crippen LogP contribution >= 0.6 is 24.0 Å². The van der Waals surface area contributed by atoms with Crippen molar-refractivity contribution >= 4 is 29.9 Å². The molecule has 0 spiro atoms. The number of hydrogen-bond acceptors (Lipinski definition) is 4. The number of rotatable bonds is 9. The monoisotopic (exact) mass is 517 g/mol. The molecule has 0 saturated heterocycles. The number of aliphatic hydroxyl groups is 1. The highest BCUT2D eigenvalue weighted by atomic mass is 127. The largest absolute Gasteiger partial charge is 0.493 e. The Morgan fingerprint density at radius 3 is 2.48 bits per heavy atom. The maximum absolute atomic E-state index is 13.8. The van der Waals surface area contributed by atoms with Crippen LogP contribution in [-0.2, 0) is 6.42 Å². The molecule has 0 aliphatic rings. The zero-order valence-electron chi connectivity index (χ0n) is 16.9. The number of nitrogens with one attached hydrogen (secondary N) is 2. The van der Waals surface area contributed by atoms with Gasteiger partial charge in [-0.1, -0.05) is 24.3 Å². The zero-order valence-corrected chi connectivity index (χ0v) is 19.3. The molecule has 0 aliphatic carbocycles. The second kappa shape index (κ2) is 13.2. The van der Waals surface area contributed by atoms with E-state index in [9.17, 15) is 9.50 Å². The molecule has 6 nitrogen and oxygen atoms in total. The Kier molecular flexibility index (Phi) is 11.4. The maximum atomic E-state index is 13.8. The first-order valence-corrected chi connectivity index (χ1v) is 9.24. The number of benzene rings is 2. The Balaban J connectivity index is 0.00000420. The summed E-state index contributed by atoms with van der Waals surface area (Å²) in [5.74, 6) is 1.51. The lowest BCUT2D eigenvalue weighted by Crippen LogP contribution is -2.38. The zero-order chi connectivity index (χ0) is 20.4. The topological polar surface area (TPSA) is 75.1 Å². The molecule has 0 aromatic heterocycles. The van der Waals surface area contributed by atoms with Crippen molar-refractivity contribution in [2.75, 3.05) is 33.9 Å². The van der Waals surface area contributed by atoms with Crippen LogP contribution in [0.25, 0.3) is 0 Å². The van der Waals surface area contributed by atoms with Gasteiger partial charge in [0.25, 0.3) is 0 Å². The van der Waals surface area contributed by atoms with Crippen LogP contribution in [0.5, 0.6) is 11.5 Å². The molecule has 0 amide bonds. The second-order valence-electron chi connectivity index (χ2n) is 6.12. The molecule has 160 valence electrons. The summed E-state index contributed by atoms with van der Waals surface area (Å²) < 4.78 is 24.3. The number of methoxy groups -OCH3 is 2. The van der Waals surface area contributed by atoms with Crippen molar-refractivity contribution in [2.45, 2.75) is 19.4 Å². The van der Waals surface area contributed by atoms with Gasteiger partial charge in [0.2, 0.25) is 0 Å². The fourth-order valence-electron chi connectivity index (χ4n) is 2.72. The summed E-state index contributed by atoms with van der Waals surface area (Å²) in [6, 6.07) is 12.0. The molecule has 0 heterocycles. The van der Waals surface area contributed by atoms with Gasteiger partial charge in [-0.15, -0.1) is 24.0 Å². The minimum atomic E-state index is -0.998. The summed E-state index contributed by atoms with van der Waals surface area (Å²) in [5, 5.41) is 16.5. The van der Waals surface area contributed by atoms with Crippen molar-refractivity contribution in [3.05, 3.63) is 59.4 Å². The fourth-order valence-corrected chi connectivity index (χ4v) is 2.72. The van der Waals surface area contributed by atoms with E-state index in [1.54, 1.807) is 32.4 Å². The summed E-state index contributed by atoms with van der Waals surface area (Å²) in [4.78, 5) is 4.36. The van der Waals surface area contributed by atoms with E-state index in [2.05, 4.69) is 15.6 Å². The average Bonchev–Trinajstić information content (AvgIpc) is 2.71. The Bertz CT molecular complexity index is 790. The van der Waals surface area contributed by atoms with E-state index in [0.29, 0.717) is 30.5 Å². The summed E-state index contributed by atoms with van der Waals surface area (Å²) in [5.41, 5.74) is 1.33. The van der Waals surface area contributed by atoms with Gasteiger partial charge in [0.05, 0.1) is 20.8 Å². The van der Waals surface area contributed by atoms with Crippen LogP contribution < -0.4 is 20.1 Å². The van der Waals surface area contributed by atoms with Crippen molar-refractivity contribution in [2.24, 2.45) is 4.99 Å². The van der Waals surface area contributed by atoms with E-state index in [1.807, 2.05) is 25.1 Å². The van der Waals surface area contributed by atoms with E-state index < -0.39 is 11.9 Å². The van der Waals surface area contributed by atoms with Gasteiger partial charge in [0.15, 0.2) is 17.5 Å². The quantitative estimate of drug-likeness (QED) is 0.271. The van der Waals surface area contributed by atoms with Crippen LogP contribution in [0.3, 0.4) is 0 Å². The lowest BCUT2D eigenvalue weighted by molar-refractivity contribution is 0.182. The van der Waals surface area contributed by atoms with E-state index in [0.717, 1.165) is 12.0 Å². The van der Waals surface area contributed by atoms with Crippen LogP contribution in [0, 0.1) is 5.82 Å². The molecule has 0 bridgehead atoms. The lowest BCUT2D eigenvalue weighted by atomic mass is 10.1. The van der Waals surface area contributed by atoms with Gasteiger partial charge in [-0.25, -0.2) is 4.39 Å². The number of aliphatic imine (C=N–C) groups is 1. The summed E-state index contributed by atoms with van der Waals surface area (Å²) >= 11 is 0. The molecule has 1 unspecified atom stereocenters. The first kappa shape index (κ1) is 25.0. The van der Waals surface area contributed by atoms with Crippen LogP contribution in [0.1, 0.15) is 24.2 Å². The summed E-state index contributed by atoms with van der Waals surface area (Å²) in [6.07, 6.45) is -0.247. The van der Waals surface area contributed by atoms with E-state index >= 15 is 0 Å². The highest BCUT2D eigenvalue weighted by Crippen LogP contribution is 2.27. The molecule has 29 heavy (non-hydrogen) atoms. The highest BCUT2D eigenvalue weighted by Gasteiger charge is 2.12. The van der Waals surface area contributed by atoms with Crippen molar-refractivity contribution in [1.82, 2.24) is 10.6 Å². The molecular weight excluding hydrogens is 488 g/mol. The van der Waals surface area contributed by atoms with Crippen molar-refractivity contribution in [1.29, 1.82) is 0 Å². The Hall–Kier alpha value is -2.07. The van der Waals surface area contributed by atoms with Gasteiger partial charge in [0.1, 0.15) is 11.9 Å². The molecular formula is C21H29FIN3O3. The lowest BCUT2D eigenvalue weighted by Gasteiger charge is -2.14. The van der Waals surface area contributed by atoms with Crippen molar-refractivity contribution in [3.8, 4) is 11.5 Å². The van der Waals surface area contributed by atoms with E-state index in [4.69, 9.17) is 9.47 Å². The minimum Gasteiger partial charge on any atom is -0.493 e. The molecule has 0 radical (unpaired) electrons. The van der Waals surface area contributed by atoms with Gasteiger partial charge in [-0.05, 0) is 37.1 Å². The molecule has 2 aromatic rings. The summed E-state index contributed by atoms with van der Waals surface area (Å²) in [7, 11) is 3.21. The predicted molar refractivity (Wildman–Crippen MR) is 124 cm³/mol. The minimum absolute atomic E-state index is 0. The first-order valence-electron chi connectivity index (χ1n) is 9.24. The van der Waals surface area contributed by atoms with Crippen LogP contribution in [-0.4, -0.2) is 44.9 Å². The first-order chi connectivity index (χ1) is 13.6. The normalized spacial score (nSPS) is 12.0. The third-order valence-electron chi connectivity index (χ3n) is 4.18. The van der Waals surface area contributed by atoms with E-state index in [1.165, 1.54) is 6.07 Å². The smallest absolute Gasteiger partial charge is 0.191 e. The standard InChI is InChI=1S/C21H28FN3O3.HI/c1-4-23-21(25-14-18(26)16-7-5-6-8-17(16)22)24-12-11-15-9-10-19(27-2)20(13-15)28-3;/h5-10,13,18,26H,4,11-12,14H2,1-3H3,(H2,23,24,25);1H. The molecule has 3 N–H and O–H groups in total. The second-order valence-corrected chi connectivity index (χ2v) is 6.12. The molecule has 1 atom stereocenters. The number of hydrogen-bond donors (Lipinski definition) is 3. The van der Waals surface area contributed by atoms with Crippen LogP contribution in [0.4, 0.5) is 4.39 Å². The fraction of sp³-hybridized carbons (Fsp3) is 0.381. The molecule has 8 heteroatoms. The molecule has 0 fully saturated rings. The number of nitrogens with zero attached hydrogens (tertiary/aromatic N) is 1. The van der Waals surface area contributed by atoms with Gasteiger partial charge >= 0.3 is 0 Å². The molecule has 0 aliphatic heterocycles. The molecule has 0 saturated carbocycles. The predicted octanol–water partition coefficient (Wildman–Crippen LogP) is 3.29. The van der Waals surface area contributed by atoms with Gasteiger partial charge in [-0.3, -0.25) is 4.99 Å². The van der Waals surface area contributed by atoms with Gasteiger partial charge in [-0.2, -0.15) is 0 Å². The maximum Gasteiger partial charge on any atom is 0.191 e. The third-order valence-corrected chi connectivity index (χ3v) is 4.18. The highest BCUT2D eigenvalue weighted by molar-refractivity contribution is 14.0. The van der Waals surface area contributed by atoms with Gasteiger partial charge < -0.3 is 25.2 Å². The Labute approximate surface area is 188 Å². The Morgan fingerprint density at radius 2 is 1.83 bits per heavy atom. The van der Waals surface area contributed by atoms with Crippen LogP contribution in [0.15, 0.2) is 47.5 Å². The third kappa shape index (κ3) is 7.69. The van der Waals surface area contributed by atoms with Crippen molar-refractivity contribution < 1.29 is 19.0 Å².